The highest BCUT2D eigenvalue weighted by molar-refractivity contribution is 6.34. The topological polar surface area (TPSA) is 77.5 Å². The van der Waals surface area contributed by atoms with Crippen LogP contribution in [0.3, 0.4) is 0 Å². The fraction of sp³-hybridized carbons (Fsp3) is 0.444. The average molecular weight is 397 g/mol. The maximum Gasteiger partial charge on any atom is 0.355 e. The molecule has 3 rings (SSSR count). The van der Waals surface area contributed by atoms with Crippen LogP contribution in [0, 0.1) is 0 Å². The Bertz CT molecular complexity index is 760. The summed E-state index contributed by atoms with van der Waals surface area (Å²) in [4.78, 5) is 28.4. The van der Waals surface area contributed by atoms with Gasteiger partial charge in [-0.3, -0.25) is 0 Å². The van der Waals surface area contributed by atoms with Gasteiger partial charge in [-0.05, 0) is 12.1 Å². The Balaban J connectivity index is 2.12. The molecule has 2 heterocycles. The summed E-state index contributed by atoms with van der Waals surface area (Å²) in [6.45, 7) is 2.51. The largest absolute Gasteiger partial charge is 0.466 e. The Morgan fingerprint density at radius 3 is 2.44 bits per heavy atom. The Labute approximate surface area is 162 Å². The van der Waals surface area contributed by atoms with E-state index in [9.17, 15) is 9.59 Å². The maximum absolute atomic E-state index is 12.5. The van der Waals surface area contributed by atoms with E-state index in [2.05, 4.69) is 4.90 Å². The molecule has 0 spiro atoms. The molecule has 0 atom stereocenters. The predicted octanol–water partition coefficient (Wildman–Crippen LogP) is 1.57. The first-order chi connectivity index (χ1) is 13.1. The zero-order valence-corrected chi connectivity index (χ0v) is 16.0. The number of ether oxygens (including phenoxy) is 4. The number of hydrogen-bond donors (Lipinski definition) is 0. The van der Waals surface area contributed by atoms with Crippen molar-refractivity contribution in [3.63, 3.8) is 0 Å². The van der Waals surface area contributed by atoms with Crippen LogP contribution in [-0.2, 0) is 28.5 Å². The normalized spacial score (nSPS) is 17.7. The van der Waals surface area contributed by atoms with Crippen molar-refractivity contribution in [2.24, 2.45) is 0 Å². The van der Waals surface area contributed by atoms with E-state index < -0.39 is 11.9 Å². The number of morpholine rings is 1. The molecular formula is C18H21ClN2O6. The summed E-state index contributed by atoms with van der Waals surface area (Å²) in [5.74, 6) is -1.29. The van der Waals surface area contributed by atoms with E-state index >= 15 is 0 Å². The van der Waals surface area contributed by atoms with Crippen molar-refractivity contribution < 1.29 is 28.5 Å². The summed E-state index contributed by atoms with van der Waals surface area (Å²) in [6, 6.07) is 5.38. The van der Waals surface area contributed by atoms with Crippen LogP contribution in [0.2, 0.25) is 5.02 Å². The number of nitrogens with zero attached hydrogens (tertiary/aromatic N) is 2. The van der Waals surface area contributed by atoms with Gasteiger partial charge in [0.1, 0.15) is 12.4 Å². The molecule has 2 aliphatic rings. The second-order valence-corrected chi connectivity index (χ2v) is 6.33. The van der Waals surface area contributed by atoms with Crippen molar-refractivity contribution in [3.8, 4) is 0 Å². The number of para-hydroxylation sites is 1. The van der Waals surface area contributed by atoms with Crippen LogP contribution in [0.5, 0.6) is 0 Å². The molecule has 0 saturated carbocycles. The van der Waals surface area contributed by atoms with E-state index in [1.54, 1.807) is 17.0 Å². The number of rotatable bonds is 4. The van der Waals surface area contributed by atoms with Crippen LogP contribution in [0.1, 0.15) is 0 Å². The number of benzene rings is 1. The molecule has 27 heavy (non-hydrogen) atoms. The lowest BCUT2D eigenvalue weighted by Gasteiger charge is -2.37. The van der Waals surface area contributed by atoms with Gasteiger partial charge in [0.15, 0.2) is 0 Å². The van der Waals surface area contributed by atoms with Crippen LogP contribution in [0.4, 0.5) is 11.4 Å². The van der Waals surface area contributed by atoms with E-state index in [1.165, 1.54) is 14.2 Å². The second kappa shape index (κ2) is 8.60. The summed E-state index contributed by atoms with van der Waals surface area (Å²) in [7, 11) is 2.51. The molecule has 0 radical (unpaired) electrons. The van der Waals surface area contributed by atoms with Crippen LogP contribution >= 0.6 is 11.6 Å². The van der Waals surface area contributed by atoms with Crippen molar-refractivity contribution in [1.29, 1.82) is 0 Å². The van der Waals surface area contributed by atoms with Crippen molar-refractivity contribution in [2.75, 3.05) is 63.7 Å². The SMILES string of the molecule is COC(=O)C1=C(C(=O)OC)N(c2cccc(Cl)c2N2CCOCC2)COC1. The van der Waals surface area contributed by atoms with Gasteiger partial charge < -0.3 is 28.7 Å². The highest BCUT2D eigenvalue weighted by atomic mass is 35.5. The van der Waals surface area contributed by atoms with Gasteiger partial charge in [0.05, 0.1) is 56.0 Å². The molecule has 0 amide bonds. The minimum Gasteiger partial charge on any atom is -0.466 e. The van der Waals surface area contributed by atoms with Gasteiger partial charge >= 0.3 is 11.9 Å². The van der Waals surface area contributed by atoms with Crippen molar-refractivity contribution >= 4 is 34.9 Å². The molecule has 0 N–H and O–H groups in total. The Morgan fingerprint density at radius 2 is 1.78 bits per heavy atom. The van der Waals surface area contributed by atoms with Crippen LogP contribution < -0.4 is 9.80 Å². The van der Waals surface area contributed by atoms with Gasteiger partial charge in [0.25, 0.3) is 0 Å². The highest BCUT2D eigenvalue weighted by Crippen LogP contribution is 2.39. The molecule has 9 heteroatoms. The summed E-state index contributed by atoms with van der Waals surface area (Å²) < 4.78 is 20.7. The predicted molar refractivity (Wildman–Crippen MR) is 98.8 cm³/mol. The molecule has 8 nitrogen and oxygen atoms in total. The lowest BCUT2D eigenvalue weighted by atomic mass is 10.1. The van der Waals surface area contributed by atoms with Crippen molar-refractivity contribution in [3.05, 3.63) is 34.5 Å². The minimum atomic E-state index is -0.647. The van der Waals surface area contributed by atoms with Crippen LogP contribution in [0.25, 0.3) is 0 Å². The van der Waals surface area contributed by atoms with E-state index in [0.29, 0.717) is 37.0 Å². The summed E-state index contributed by atoms with van der Waals surface area (Å²) >= 11 is 6.50. The minimum absolute atomic E-state index is 0.0406. The van der Waals surface area contributed by atoms with E-state index in [-0.39, 0.29) is 24.6 Å². The molecule has 1 aromatic rings. The summed E-state index contributed by atoms with van der Waals surface area (Å²) in [5, 5.41) is 0.531. The van der Waals surface area contributed by atoms with Gasteiger partial charge in [-0.1, -0.05) is 17.7 Å². The fourth-order valence-corrected chi connectivity index (χ4v) is 3.44. The lowest BCUT2D eigenvalue weighted by molar-refractivity contribution is -0.140. The van der Waals surface area contributed by atoms with E-state index in [0.717, 1.165) is 5.69 Å². The zero-order chi connectivity index (χ0) is 19.4. The Hall–Kier alpha value is -2.29. The van der Waals surface area contributed by atoms with Crippen molar-refractivity contribution in [1.82, 2.24) is 0 Å². The third-order valence-electron chi connectivity index (χ3n) is 4.42. The third-order valence-corrected chi connectivity index (χ3v) is 4.72. The van der Waals surface area contributed by atoms with Gasteiger partial charge in [0, 0.05) is 13.1 Å². The van der Waals surface area contributed by atoms with E-state index in [1.807, 2.05) is 6.07 Å². The van der Waals surface area contributed by atoms with Crippen LogP contribution in [0.15, 0.2) is 29.5 Å². The standard InChI is InChI=1S/C18H21ClN2O6/c1-24-17(22)12-10-27-11-21(15(12)18(23)25-2)14-5-3-4-13(19)16(14)20-6-8-26-9-7-20/h3-5H,6-11H2,1-2H3. The van der Waals surface area contributed by atoms with Gasteiger partial charge in [-0.15, -0.1) is 0 Å². The number of carbonyl (C=O) groups excluding carboxylic acids is 2. The number of halogens is 1. The molecular weight excluding hydrogens is 376 g/mol. The second-order valence-electron chi connectivity index (χ2n) is 5.92. The zero-order valence-electron chi connectivity index (χ0n) is 15.2. The molecule has 0 bridgehead atoms. The van der Waals surface area contributed by atoms with Gasteiger partial charge in [-0.2, -0.15) is 0 Å². The third kappa shape index (κ3) is 3.87. The average Bonchev–Trinajstić information content (AvgIpc) is 2.72. The van der Waals surface area contributed by atoms with Gasteiger partial charge in [0.2, 0.25) is 0 Å². The molecule has 1 aromatic carbocycles. The number of carbonyl (C=O) groups is 2. The monoisotopic (exact) mass is 396 g/mol. The number of methoxy groups -OCH3 is 2. The molecule has 0 aromatic heterocycles. The first-order valence-electron chi connectivity index (χ1n) is 8.44. The summed E-state index contributed by atoms with van der Waals surface area (Å²) in [5.41, 5.74) is 1.58. The molecule has 0 unspecified atom stereocenters. The molecule has 146 valence electrons. The molecule has 2 aliphatic heterocycles. The highest BCUT2D eigenvalue weighted by Gasteiger charge is 2.34. The quantitative estimate of drug-likeness (QED) is 0.710. The molecule has 0 aliphatic carbocycles. The first-order valence-corrected chi connectivity index (χ1v) is 8.82. The van der Waals surface area contributed by atoms with Gasteiger partial charge in [-0.25, -0.2) is 9.59 Å². The smallest absolute Gasteiger partial charge is 0.355 e. The van der Waals surface area contributed by atoms with Crippen LogP contribution in [-0.4, -0.2) is 65.8 Å². The maximum atomic E-state index is 12.5. The number of hydrogen-bond acceptors (Lipinski definition) is 8. The summed E-state index contributed by atoms with van der Waals surface area (Å²) in [6.07, 6.45) is 0. The number of anilines is 2. The molecule has 1 fully saturated rings. The lowest BCUT2D eigenvalue weighted by Crippen LogP contribution is -2.41. The molecule has 1 saturated heterocycles. The Morgan fingerprint density at radius 1 is 1.07 bits per heavy atom. The fourth-order valence-electron chi connectivity index (χ4n) is 3.16. The number of esters is 2. The van der Waals surface area contributed by atoms with Crippen molar-refractivity contribution in [2.45, 2.75) is 0 Å². The first kappa shape index (κ1) is 19.5. The van der Waals surface area contributed by atoms with E-state index in [4.69, 9.17) is 30.5 Å². The Kier molecular flexibility index (Phi) is 6.20.